The fourth-order valence-electron chi connectivity index (χ4n) is 3.96. The van der Waals surface area contributed by atoms with Gasteiger partial charge >= 0.3 is 0 Å². The van der Waals surface area contributed by atoms with Crippen LogP contribution in [0.25, 0.3) is 0 Å². The summed E-state index contributed by atoms with van der Waals surface area (Å²) in [4.78, 5) is 2.22. The number of nitrogens with zero attached hydrogens (tertiary/aromatic N) is 2. The average molecular weight is 438 g/mol. The lowest BCUT2D eigenvalue weighted by Gasteiger charge is -2.39. The molecule has 1 aromatic heterocycles. The Bertz CT molecular complexity index is 1050. The predicted octanol–water partition coefficient (Wildman–Crippen LogP) is 4.71. The first-order valence-corrected chi connectivity index (χ1v) is 10.7. The molecule has 1 N–H and O–H groups in total. The lowest BCUT2D eigenvalue weighted by Crippen LogP contribution is -2.44. The van der Waals surface area contributed by atoms with Crippen molar-refractivity contribution in [2.75, 3.05) is 32.7 Å². The van der Waals surface area contributed by atoms with E-state index in [9.17, 15) is 0 Å². The highest BCUT2D eigenvalue weighted by Crippen LogP contribution is 2.35. The van der Waals surface area contributed by atoms with E-state index in [2.05, 4.69) is 45.2 Å². The van der Waals surface area contributed by atoms with E-state index in [0.717, 1.165) is 35.8 Å². The van der Waals surface area contributed by atoms with Crippen molar-refractivity contribution in [3.8, 4) is 17.2 Å². The van der Waals surface area contributed by atoms with Crippen molar-refractivity contribution in [2.24, 2.45) is 0 Å². The Morgan fingerprint density at radius 2 is 1.81 bits per heavy atom. The number of anilines is 1. The van der Waals surface area contributed by atoms with Gasteiger partial charge in [0.25, 0.3) is 0 Å². The maximum atomic E-state index is 5.88. The van der Waals surface area contributed by atoms with Crippen LogP contribution in [0, 0.1) is 0 Å². The van der Waals surface area contributed by atoms with E-state index in [1.807, 2.05) is 37.3 Å². The van der Waals surface area contributed by atoms with Gasteiger partial charge < -0.3 is 29.0 Å². The number of aromatic nitrogens is 1. The molecular weight excluding hydrogens is 410 g/mol. The number of benzene rings is 2. The van der Waals surface area contributed by atoms with Crippen LogP contribution in [0.3, 0.4) is 0 Å². The van der Waals surface area contributed by atoms with Crippen LogP contribution in [0.5, 0.6) is 17.2 Å². The second-order valence-corrected chi connectivity index (χ2v) is 7.61. The minimum atomic E-state index is -0.00368. The molecule has 2 heterocycles. The van der Waals surface area contributed by atoms with Gasteiger partial charge in [0, 0.05) is 31.0 Å². The predicted molar refractivity (Wildman–Crippen MR) is 126 cm³/mol. The van der Waals surface area contributed by atoms with Gasteiger partial charge in [-0.1, -0.05) is 12.1 Å². The summed E-state index contributed by atoms with van der Waals surface area (Å²) in [6, 6.07) is 18.1. The number of methoxy groups -OCH3 is 2. The molecule has 0 saturated heterocycles. The van der Waals surface area contributed by atoms with Crippen LogP contribution in [0.4, 0.5) is 5.69 Å². The monoisotopic (exact) mass is 437 g/mol. The Balaban J connectivity index is 1.65. The molecule has 7 heteroatoms. The molecule has 4 rings (SSSR count). The Hall–Kier alpha value is -3.19. The van der Waals surface area contributed by atoms with Crippen LogP contribution >= 0.6 is 12.2 Å². The standard InChI is InChI=1S/C24H27N3O3S/c1-4-30-18-9-7-17(8-10-18)23-21-6-5-13-26(21)14-15-27(23)24(31)25-20-16-19(28-2)11-12-22(20)29-3/h5-13,16,23H,4,14-15H2,1-3H3,(H,25,31)/t23-/m1/s1. The van der Waals surface area contributed by atoms with Gasteiger partial charge in [0.1, 0.15) is 17.2 Å². The third-order valence-corrected chi connectivity index (χ3v) is 5.79. The molecule has 162 valence electrons. The van der Waals surface area contributed by atoms with Crippen molar-refractivity contribution >= 4 is 23.0 Å². The second-order valence-electron chi connectivity index (χ2n) is 7.22. The quantitative estimate of drug-likeness (QED) is 0.564. The number of nitrogens with one attached hydrogen (secondary N) is 1. The number of fused-ring (bicyclic) bond motifs is 1. The van der Waals surface area contributed by atoms with Gasteiger partial charge in [-0.15, -0.1) is 0 Å². The zero-order chi connectivity index (χ0) is 21.8. The van der Waals surface area contributed by atoms with Gasteiger partial charge in [0.15, 0.2) is 5.11 Å². The SMILES string of the molecule is CCOc1ccc([C@@H]2c3cccn3CCN2C(=S)Nc2cc(OC)ccc2OC)cc1. The van der Waals surface area contributed by atoms with Crippen LogP contribution in [0.2, 0.25) is 0 Å². The fraction of sp³-hybridized carbons (Fsp3) is 0.292. The van der Waals surface area contributed by atoms with Gasteiger partial charge in [-0.05, 0) is 61.1 Å². The molecule has 1 aliphatic heterocycles. The highest BCUT2D eigenvalue weighted by Gasteiger charge is 2.31. The van der Waals surface area contributed by atoms with Crippen molar-refractivity contribution in [1.82, 2.24) is 9.47 Å². The van der Waals surface area contributed by atoms with E-state index in [4.69, 9.17) is 26.4 Å². The normalized spacial score (nSPS) is 15.2. The molecule has 0 unspecified atom stereocenters. The Morgan fingerprint density at radius 3 is 2.52 bits per heavy atom. The summed E-state index contributed by atoms with van der Waals surface area (Å²) in [7, 11) is 3.29. The summed E-state index contributed by atoms with van der Waals surface area (Å²) in [6.07, 6.45) is 2.12. The van der Waals surface area contributed by atoms with E-state index in [1.54, 1.807) is 14.2 Å². The molecule has 1 atom stereocenters. The molecule has 2 aromatic carbocycles. The Labute approximate surface area is 188 Å². The summed E-state index contributed by atoms with van der Waals surface area (Å²) in [6.45, 7) is 4.29. The van der Waals surface area contributed by atoms with Crippen molar-refractivity contribution in [3.05, 3.63) is 72.1 Å². The molecule has 0 spiro atoms. The number of hydrogen-bond donors (Lipinski definition) is 1. The highest BCUT2D eigenvalue weighted by atomic mass is 32.1. The Kier molecular flexibility index (Phi) is 6.32. The summed E-state index contributed by atoms with van der Waals surface area (Å²) in [5.74, 6) is 2.31. The summed E-state index contributed by atoms with van der Waals surface area (Å²) in [5.41, 5.74) is 3.14. The van der Waals surface area contributed by atoms with Crippen molar-refractivity contribution in [1.29, 1.82) is 0 Å². The number of rotatable bonds is 6. The molecule has 0 bridgehead atoms. The zero-order valence-electron chi connectivity index (χ0n) is 18.0. The van der Waals surface area contributed by atoms with Crippen molar-refractivity contribution < 1.29 is 14.2 Å². The largest absolute Gasteiger partial charge is 0.497 e. The van der Waals surface area contributed by atoms with Crippen molar-refractivity contribution in [2.45, 2.75) is 19.5 Å². The van der Waals surface area contributed by atoms with Gasteiger partial charge in [0.05, 0.1) is 32.6 Å². The number of thiocarbonyl (C=S) groups is 1. The number of ether oxygens (including phenoxy) is 3. The van der Waals surface area contributed by atoms with Gasteiger partial charge in [0.2, 0.25) is 0 Å². The first kappa shape index (κ1) is 21.1. The molecule has 3 aromatic rings. The molecule has 31 heavy (non-hydrogen) atoms. The first-order chi connectivity index (χ1) is 15.1. The van der Waals surface area contributed by atoms with Crippen molar-refractivity contribution in [3.63, 3.8) is 0 Å². The molecule has 0 aliphatic carbocycles. The second kappa shape index (κ2) is 9.31. The summed E-state index contributed by atoms with van der Waals surface area (Å²) >= 11 is 5.88. The minimum absolute atomic E-state index is 0.00368. The van der Waals surface area contributed by atoms with Gasteiger partial charge in [-0.25, -0.2) is 0 Å². The number of hydrogen-bond acceptors (Lipinski definition) is 4. The third-order valence-electron chi connectivity index (χ3n) is 5.45. The Morgan fingerprint density at radius 1 is 1.03 bits per heavy atom. The van der Waals surface area contributed by atoms with Gasteiger partial charge in [-0.3, -0.25) is 0 Å². The van der Waals surface area contributed by atoms with Crippen LogP contribution in [0.1, 0.15) is 24.2 Å². The molecule has 0 saturated carbocycles. The molecule has 0 radical (unpaired) electrons. The van der Waals surface area contributed by atoms with Crippen LogP contribution in [0.15, 0.2) is 60.8 Å². The van der Waals surface area contributed by atoms with Gasteiger partial charge in [-0.2, -0.15) is 0 Å². The minimum Gasteiger partial charge on any atom is -0.497 e. The molecule has 0 amide bonds. The lowest BCUT2D eigenvalue weighted by atomic mass is 10.00. The lowest BCUT2D eigenvalue weighted by molar-refractivity contribution is 0.293. The van der Waals surface area contributed by atoms with E-state index >= 15 is 0 Å². The summed E-state index contributed by atoms with van der Waals surface area (Å²) < 4.78 is 18.8. The van der Waals surface area contributed by atoms with Crippen LogP contribution in [-0.4, -0.2) is 42.0 Å². The topological polar surface area (TPSA) is 47.9 Å². The third kappa shape index (κ3) is 4.32. The van der Waals surface area contributed by atoms with Crippen LogP contribution in [-0.2, 0) is 6.54 Å². The highest BCUT2D eigenvalue weighted by molar-refractivity contribution is 7.80. The molecule has 1 aliphatic rings. The van der Waals surface area contributed by atoms with E-state index < -0.39 is 0 Å². The summed E-state index contributed by atoms with van der Waals surface area (Å²) in [5, 5.41) is 4.02. The maximum absolute atomic E-state index is 5.88. The molecular formula is C24H27N3O3S. The molecule has 6 nitrogen and oxygen atoms in total. The smallest absolute Gasteiger partial charge is 0.174 e. The first-order valence-electron chi connectivity index (χ1n) is 10.3. The van der Waals surface area contributed by atoms with E-state index in [1.165, 1.54) is 5.69 Å². The molecule has 0 fully saturated rings. The van der Waals surface area contributed by atoms with E-state index in [-0.39, 0.29) is 6.04 Å². The maximum Gasteiger partial charge on any atom is 0.174 e. The fourth-order valence-corrected chi connectivity index (χ4v) is 4.27. The van der Waals surface area contributed by atoms with Crippen LogP contribution < -0.4 is 19.5 Å². The average Bonchev–Trinajstić information content (AvgIpc) is 3.28. The van der Waals surface area contributed by atoms with E-state index in [0.29, 0.717) is 17.5 Å². The zero-order valence-corrected chi connectivity index (χ0v) is 18.8.